The summed E-state index contributed by atoms with van der Waals surface area (Å²) in [6.07, 6.45) is 1.21. The second-order valence-corrected chi connectivity index (χ2v) is 6.91. The van der Waals surface area contributed by atoms with Crippen molar-refractivity contribution in [3.8, 4) is 0 Å². The van der Waals surface area contributed by atoms with E-state index in [1.54, 1.807) is 0 Å². The van der Waals surface area contributed by atoms with E-state index in [0.717, 1.165) is 0 Å². The van der Waals surface area contributed by atoms with Gasteiger partial charge >= 0.3 is 0 Å². The summed E-state index contributed by atoms with van der Waals surface area (Å²) in [5.41, 5.74) is 0. The molecule has 0 unspecified atom stereocenters. The molecule has 0 aliphatic carbocycles. The van der Waals surface area contributed by atoms with Gasteiger partial charge < -0.3 is 0 Å². The van der Waals surface area contributed by atoms with E-state index in [4.69, 9.17) is 0 Å². The zero-order valence-corrected chi connectivity index (χ0v) is 15.6. The third-order valence-electron chi connectivity index (χ3n) is 1.91. The molecule has 0 saturated heterocycles. The minimum Gasteiger partial charge on any atom is -0.0894 e. The lowest BCUT2D eigenvalue weighted by atomic mass is 10.1. The van der Waals surface area contributed by atoms with Crippen LogP contribution < -0.4 is 0 Å². The van der Waals surface area contributed by atoms with Crippen LogP contribution in [0.4, 0.5) is 0 Å². The Bertz CT molecular complexity index is 156. The first-order valence-corrected chi connectivity index (χ1v) is 8.29. The Morgan fingerprint density at radius 2 is 1.40 bits per heavy atom. The van der Waals surface area contributed by atoms with E-state index in [0.29, 0.717) is 11.8 Å². The fourth-order valence-corrected chi connectivity index (χ4v) is 2.34. The van der Waals surface area contributed by atoms with Crippen LogP contribution in [0.3, 0.4) is 0 Å². The van der Waals surface area contributed by atoms with Crippen molar-refractivity contribution in [2.45, 2.75) is 34.6 Å². The van der Waals surface area contributed by atoms with E-state index in [1.807, 2.05) is 0 Å². The van der Waals surface area contributed by atoms with E-state index in [9.17, 15) is 0 Å². The second kappa shape index (κ2) is 13.7. The molecular weight excluding hydrogens is 525 g/mol. The summed E-state index contributed by atoms with van der Waals surface area (Å²) in [6.45, 7) is 14.2. The Balaban J connectivity index is -0.000000180. The van der Waals surface area contributed by atoms with Crippen LogP contribution in [0.5, 0.6) is 0 Å². The molecule has 0 radical (unpaired) electrons. The maximum Gasteiger partial charge on any atom is 0.00658 e. The quantitative estimate of drug-likeness (QED) is 0.274. The van der Waals surface area contributed by atoms with Gasteiger partial charge in [-0.15, -0.1) is 0 Å². The van der Waals surface area contributed by atoms with Crippen LogP contribution >= 0.6 is 67.8 Å². The summed E-state index contributed by atoms with van der Waals surface area (Å²) in [6, 6.07) is 0. The van der Waals surface area contributed by atoms with Gasteiger partial charge in [0, 0.05) is 4.43 Å². The lowest BCUT2D eigenvalue weighted by molar-refractivity contribution is 0.695. The van der Waals surface area contributed by atoms with Crippen LogP contribution in [0.15, 0.2) is 20.3 Å². The summed E-state index contributed by atoms with van der Waals surface area (Å²) < 4.78 is 3.70. The number of hydrogen-bond donors (Lipinski definition) is 0. The largest absolute Gasteiger partial charge is 0.0894 e. The molecule has 2 atom stereocenters. The van der Waals surface area contributed by atoms with Crippen LogP contribution in [-0.2, 0) is 0 Å². The van der Waals surface area contributed by atoms with E-state index >= 15 is 0 Å². The van der Waals surface area contributed by atoms with Crippen molar-refractivity contribution < 1.29 is 0 Å². The highest BCUT2D eigenvalue weighted by Gasteiger charge is 1.97. The number of alkyl halides is 1. The molecule has 0 heterocycles. The lowest BCUT2D eigenvalue weighted by Crippen LogP contribution is -1.91. The van der Waals surface area contributed by atoms with Crippen LogP contribution in [-0.4, -0.2) is 4.43 Å². The van der Waals surface area contributed by atoms with Crippen LogP contribution in [0, 0.1) is 11.8 Å². The van der Waals surface area contributed by atoms with Gasteiger partial charge in [-0.2, -0.15) is 0 Å². The summed E-state index contributed by atoms with van der Waals surface area (Å²) in [5.74, 6) is 1.38. The highest BCUT2D eigenvalue weighted by atomic mass is 127. The molecule has 0 aliphatic heterocycles. The zero-order valence-electron chi connectivity index (χ0n) is 9.12. The van der Waals surface area contributed by atoms with Gasteiger partial charge in [-0.05, 0) is 70.6 Å². The third kappa shape index (κ3) is 15.7. The van der Waals surface area contributed by atoms with Crippen LogP contribution in [0.25, 0.3) is 0 Å². The van der Waals surface area contributed by atoms with Gasteiger partial charge in [0.2, 0.25) is 0 Å². The molecule has 3 heteroatoms. The number of halogens is 3. The molecule has 0 fully saturated rings. The molecule has 0 aromatic rings. The van der Waals surface area contributed by atoms with Gasteiger partial charge in [-0.1, -0.05) is 63.9 Å². The smallest absolute Gasteiger partial charge is 0.00658 e. The van der Waals surface area contributed by atoms with Crippen molar-refractivity contribution in [2.24, 2.45) is 11.8 Å². The molecule has 0 aromatic heterocycles. The standard InChI is InChI=1S/C6H11I.C5H8I2.CH4/c1-4-5(2)6(3)7;1-4(3-6)5(2)7;/h5H,3-4H2,1-2H3;4H,2-3H2,1H3;1H4/t5-;4-;/m11./s1. The Morgan fingerprint density at radius 3 is 1.40 bits per heavy atom. The van der Waals surface area contributed by atoms with E-state index in [1.165, 1.54) is 18.0 Å². The topological polar surface area (TPSA) is 0 Å². The molecule has 15 heavy (non-hydrogen) atoms. The minimum atomic E-state index is 0. The monoisotopic (exact) mass is 548 g/mol. The molecule has 0 aliphatic rings. The number of rotatable bonds is 4. The van der Waals surface area contributed by atoms with Crippen molar-refractivity contribution in [1.82, 2.24) is 0 Å². The molecule has 0 spiro atoms. The van der Waals surface area contributed by atoms with Gasteiger partial charge in [-0.25, -0.2) is 0 Å². The van der Waals surface area contributed by atoms with E-state index < -0.39 is 0 Å². The van der Waals surface area contributed by atoms with Crippen molar-refractivity contribution in [3.05, 3.63) is 20.3 Å². The average Bonchev–Trinajstić information content (AvgIpc) is 2.15. The van der Waals surface area contributed by atoms with Gasteiger partial charge in [0.15, 0.2) is 0 Å². The third-order valence-corrected chi connectivity index (χ3v) is 5.36. The Morgan fingerprint density at radius 1 is 1.07 bits per heavy atom. The van der Waals surface area contributed by atoms with Gasteiger partial charge in [0.25, 0.3) is 0 Å². The predicted molar refractivity (Wildman–Crippen MR) is 101 cm³/mol. The van der Waals surface area contributed by atoms with Crippen molar-refractivity contribution in [3.63, 3.8) is 0 Å². The first-order chi connectivity index (χ1) is 6.36. The normalized spacial score (nSPS) is 12.7. The molecule has 0 bridgehead atoms. The molecule has 0 amide bonds. The lowest BCUT2D eigenvalue weighted by Gasteiger charge is -2.02. The first kappa shape index (κ1) is 21.9. The fourth-order valence-electron chi connectivity index (χ4n) is 0.305. The Hall–Kier alpha value is 1.67. The summed E-state index contributed by atoms with van der Waals surface area (Å²) in [7, 11) is 0. The van der Waals surface area contributed by atoms with Crippen molar-refractivity contribution in [1.29, 1.82) is 0 Å². The Labute approximate surface area is 137 Å². The number of hydrogen-bond acceptors (Lipinski definition) is 0. The second-order valence-electron chi connectivity index (χ2n) is 3.26. The highest BCUT2D eigenvalue weighted by Crippen LogP contribution is 2.17. The molecule has 0 N–H and O–H groups in total. The predicted octanol–water partition coefficient (Wildman–Crippen LogP) is 6.62. The van der Waals surface area contributed by atoms with Gasteiger partial charge in [0.1, 0.15) is 0 Å². The molecule has 0 aromatic carbocycles. The minimum absolute atomic E-state index is 0. The maximum absolute atomic E-state index is 3.81. The maximum atomic E-state index is 3.81. The van der Waals surface area contributed by atoms with E-state index in [-0.39, 0.29) is 7.43 Å². The molecule has 0 rings (SSSR count). The van der Waals surface area contributed by atoms with Crippen LogP contribution in [0.1, 0.15) is 34.6 Å². The van der Waals surface area contributed by atoms with Crippen molar-refractivity contribution >= 4 is 67.8 Å². The summed E-state index contributed by atoms with van der Waals surface area (Å²) >= 11 is 6.91. The molecule has 0 nitrogen and oxygen atoms in total. The Kier molecular flexibility index (Phi) is 20.1. The number of allylic oxidation sites excluding steroid dienone is 2. The van der Waals surface area contributed by atoms with Gasteiger partial charge in [0.05, 0.1) is 0 Å². The average molecular weight is 548 g/mol. The summed E-state index contributed by atoms with van der Waals surface area (Å²) in [5, 5.41) is 0. The van der Waals surface area contributed by atoms with Crippen LogP contribution in [0.2, 0.25) is 0 Å². The molecule has 92 valence electrons. The highest BCUT2D eigenvalue weighted by molar-refractivity contribution is 14.1. The molecule has 0 saturated carbocycles. The van der Waals surface area contributed by atoms with Gasteiger partial charge in [-0.3, -0.25) is 0 Å². The SMILES string of the molecule is C.C=C(I)[C@H](C)CC.C=C(I)[C@H](C)CI. The van der Waals surface area contributed by atoms with Crippen molar-refractivity contribution in [2.75, 3.05) is 4.43 Å². The first-order valence-electron chi connectivity index (χ1n) is 4.61. The molecular formula is C12H23I3. The zero-order chi connectivity index (χ0) is 11.7. The van der Waals surface area contributed by atoms with E-state index in [2.05, 4.69) is 102 Å². The fraction of sp³-hybridized carbons (Fsp3) is 0.667. The summed E-state index contributed by atoms with van der Waals surface area (Å²) in [4.78, 5) is 0.